The minimum Gasteiger partial charge on any atom is -0.346 e. The van der Waals surface area contributed by atoms with Crippen molar-refractivity contribution in [3.8, 4) is 5.69 Å². The number of nitrogens with two attached hydrogens (primary N) is 1. The lowest BCUT2D eigenvalue weighted by molar-refractivity contribution is 0.0118. The maximum atomic E-state index is 13.1. The molecule has 0 aliphatic rings. The van der Waals surface area contributed by atoms with Gasteiger partial charge in [-0.3, -0.25) is 4.79 Å². The smallest absolute Gasteiger partial charge is 0.277 e. The van der Waals surface area contributed by atoms with Crippen molar-refractivity contribution in [2.75, 3.05) is 13.1 Å². The Morgan fingerprint density at radius 3 is 2.70 bits per heavy atom. The summed E-state index contributed by atoms with van der Waals surface area (Å²) in [5.74, 6) is -3.77. The van der Waals surface area contributed by atoms with E-state index in [1.807, 2.05) is 0 Å². The van der Waals surface area contributed by atoms with Crippen molar-refractivity contribution in [3.63, 3.8) is 0 Å². The zero-order valence-electron chi connectivity index (χ0n) is 12.2. The second-order valence-corrected chi connectivity index (χ2v) is 5.16. The Morgan fingerprint density at radius 1 is 1.43 bits per heavy atom. The number of rotatable bonds is 5. The number of hydrogen-bond acceptors (Lipinski definition) is 3. The molecule has 0 unspecified atom stereocenters. The first-order valence-corrected chi connectivity index (χ1v) is 6.89. The molecule has 2 rings (SSSR count). The molecule has 1 amide bonds. The number of nitrogens with zero attached hydrogens (tertiary/aromatic N) is 2. The highest BCUT2D eigenvalue weighted by Gasteiger charge is 2.28. The van der Waals surface area contributed by atoms with Gasteiger partial charge in [-0.05, 0) is 19.1 Å². The third-order valence-electron chi connectivity index (χ3n) is 3.14. The van der Waals surface area contributed by atoms with Crippen LogP contribution in [0.5, 0.6) is 0 Å². The van der Waals surface area contributed by atoms with Gasteiger partial charge in [-0.25, -0.2) is 13.5 Å². The van der Waals surface area contributed by atoms with E-state index in [4.69, 9.17) is 17.3 Å². The van der Waals surface area contributed by atoms with Gasteiger partial charge >= 0.3 is 0 Å². The summed E-state index contributed by atoms with van der Waals surface area (Å²) in [6.07, 6.45) is 1.31. The van der Waals surface area contributed by atoms with Crippen LogP contribution in [0.25, 0.3) is 5.69 Å². The van der Waals surface area contributed by atoms with Gasteiger partial charge in [0.1, 0.15) is 0 Å². The van der Waals surface area contributed by atoms with Gasteiger partial charge in [-0.2, -0.15) is 5.10 Å². The van der Waals surface area contributed by atoms with Gasteiger partial charge < -0.3 is 11.1 Å². The van der Waals surface area contributed by atoms with Gasteiger partial charge in [0.2, 0.25) is 0 Å². The highest BCUT2D eigenvalue weighted by molar-refractivity contribution is 6.32. The Kier molecular flexibility index (Phi) is 6.49. The van der Waals surface area contributed by atoms with Crippen molar-refractivity contribution in [2.45, 2.75) is 12.8 Å². The van der Waals surface area contributed by atoms with Crippen LogP contribution in [0.4, 0.5) is 8.78 Å². The standard InChI is InChI=1S/C14H15ClF2N4O.ClH/c1-9-10(13(22)19-8-14(16,17)7-18)6-20-21(9)12-5-3-2-4-11(12)15;/h2-6H,7-8,18H2,1H3,(H,19,22);1H. The fraction of sp³-hybridized carbons (Fsp3) is 0.286. The predicted octanol–water partition coefficient (Wildman–Crippen LogP) is 2.58. The molecule has 0 fully saturated rings. The van der Waals surface area contributed by atoms with Crippen molar-refractivity contribution in [2.24, 2.45) is 5.73 Å². The number of para-hydroxylation sites is 1. The lowest BCUT2D eigenvalue weighted by Gasteiger charge is -2.14. The molecule has 0 bridgehead atoms. The van der Waals surface area contributed by atoms with Crippen LogP contribution in [0.15, 0.2) is 30.5 Å². The monoisotopic (exact) mass is 364 g/mol. The molecule has 0 saturated heterocycles. The van der Waals surface area contributed by atoms with Crippen molar-refractivity contribution in [1.29, 1.82) is 0 Å². The summed E-state index contributed by atoms with van der Waals surface area (Å²) >= 11 is 6.08. The topological polar surface area (TPSA) is 72.9 Å². The number of amides is 1. The normalized spacial score (nSPS) is 11.0. The van der Waals surface area contributed by atoms with Gasteiger partial charge in [0.15, 0.2) is 0 Å². The maximum absolute atomic E-state index is 13.1. The average Bonchev–Trinajstić information content (AvgIpc) is 2.87. The summed E-state index contributed by atoms with van der Waals surface area (Å²) in [4.78, 5) is 12.0. The van der Waals surface area contributed by atoms with E-state index in [-0.39, 0.29) is 18.0 Å². The molecule has 0 spiro atoms. The molecule has 3 N–H and O–H groups in total. The van der Waals surface area contributed by atoms with E-state index < -0.39 is 24.9 Å². The molecular formula is C14H16Cl2F2N4O. The number of carbonyl (C=O) groups excluding carboxylic acids is 1. The fourth-order valence-electron chi connectivity index (χ4n) is 1.88. The van der Waals surface area contributed by atoms with E-state index >= 15 is 0 Å². The number of nitrogens with one attached hydrogen (secondary N) is 1. The molecule has 9 heteroatoms. The highest BCUT2D eigenvalue weighted by atomic mass is 35.5. The van der Waals surface area contributed by atoms with Crippen molar-refractivity contribution in [1.82, 2.24) is 15.1 Å². The predicted molar refractivity (Wildman–Crippen MR) is 86.9 cm³/mol. The molecule has 1 aromatic heterocycles. The largest absolute Gasteiger partial charge is 0.346 e. The summed E-state index contributed by atoms with van der Waals surface area (Å²) in [6, 6.07) is 6.99. The van der Waals surface area contributed by atoms with Gasteiger partial charge in [0.05, 0.1) is 41.3 Å². The molecule has 23 heavy (non-hydrogen) atoms. The maximum Gasteiger partial charge on any atom is 0.277 e. The Morgan fingerprint density at radius 2 is 2.09 bits per heavy atom. The molecule has 126 valence electrons. The molecule has 1 heterocycles. The van der Waals surface area contributed by atoms with E-state index in [1.165, 1.54) is 10.9 Å². The molecule has 1 aromatic carbocycles. The molecule has 0 aliphatic carbocycles. The molecule has 5 nitrogen and oxygen atoms in total. The van der Waals surface area contributed by atoms with Crippen molar-refractivity contribution < 1.29 is 13.6 Å². The minimum absolute atomic E-state index is 0. The van der Waals surface area contributed by atoms with Gasteiger partial charge in [-0.1, -0.05) is 23.7 Å². The first-order chi connectivity index (χ1) is 10.4. The number of benzene rings is 1. The van der Waals surface area contributed by atoms with Crippen molar-refractivity contribution in [3.05, 3.63) is 46.7 Å². The lowest BCUT2D eigenvalue weighted by Crippen LogP contribution is -2.41. The summed E-state index contributed by atoms with van der Waals surface area (Å²) in [5.41, 5.74) is 6.23. The quantitative estimate of drug-likeness (QED) is 0.856. The number of halogens is 4. The van der Waals surface area contributed by atoms with Crippen molar-refractivity contribution >= 4 is 29.9 Å². The van der Waals surface area contributed by atoms with Gasteiger partial charge in [0.25, 0.3) is 11.8 Å². The highest BCUT2D eigenvalue weighted by Crippen LogP contribution is 2.22. The average molecular weight is 365 g/mol. The van der Waals surface area contributed by atoms with E-state index in [9.17, 15) is 13.6 Å². The Labute approximate surface area is 143 Å². The second kappa shape index (κ2) is 7.72. The second-order valence-electron chi connectivity index (χ2n) is 4.75. The number of aromatic nitrogens is 2. The first kappa shape index (κ1) is 19.3. The third-order valence-corrected chi connectivity index (χ3v) is 3.46. The van der Waals surface area contributed by atoms with Crippen LogP contribution >= 0.6 is 24.0 Å². The van der Waals surface area contributed by atoms with Crippen LogP contribution in [0.3, 0.4) is 0 Å². The van der Waals surface area contributed by atoms with Gasteiger partial charge in [-0.15, -0.1) is 12.4 Å². The van der Waals surface area contributed by atoms with E-state index in [0.29, 0.717) is 16.4 Å². The van der Waals surface area contributed by atoms with Gasteiger partial charge in [0, 0.05) is 0 Å². The van der Waals surface area contributed by atoms with Crippen LogP contribution < -0.4 is 11.1 Å². The molecule has 0 radical (unpaired) electrons. The minimum atomic E-state index is -3.14. The summed E-state index contributed by atoms with van der Waals surface area (Å²) in [7, 11) is 0. The molecule has 0 atom stereocenters. The zero-order valence-corrected chi connectivity index (χ0v) is 13.8. The van der Waals surface area contributed by atoms with E-state index in [0.717, 1.165) is 0 Å². The summed E-state index contributed by atoms with van der Waals surface area (Å²) < 4.78 is 27.6. The van der Waals surface area contributed by atoms with Crippen LogP contribution in [-0.4, -0.2) is 34.7 Å². The Bertz CT molecular complexity index is 691. The third kappa shape index (κ3) is 4.40. The SMILES string of the molecule is Cc1c(C(=O)NCC(F)(F)CN)cnn1-c1ccccc1Cl.Cl. The first-order valence-electron chi connectivity index (χ1n) is 6.51. The summed E-state index contributed by atoms with van der Waals surface area (Å²) in [6.45, 7) is 0.0104. The molecule has 0 aliphatic heterocycles. The fourth-order valence-corrected chi connectivity index (χ4v) is 2.09. The van der Waals surface area contributed by atoms with E-state index in [1.54, 1.807) is 31.2 Å². The zero-order chi connectivity index (χ0) is 16.3. The Balaban J connectivity index is 0.00000264. The van der Waals surface area contributed by atoms with Crippen LogP contribution in [0.2, 0.25) is 5.02 Å². The lowest BCUT2D eigenvalue weighted by atomic mass is 10.2. The molecular weight excluding hydrogens is 349 g/mol. The van der Waals surface area contributed by atoms with E-state index in [2.05, 4.69) is 10.4 Å². The van der Waals surface area contributed by atoms with Crippen LogP contribution in [0, 0.1) is 6.92 Å². The number of carbonyl (C=O) groups is 1. The Hall–Kier alpha value is -1.70. The van der Waals surface area contributed by atoms with Crippen LogP contribution in [-0.2, 0) is 0 Å². The number of alkyl halides is 2. The van der Waals surface area contributed by atoms with Crippen LogP contribution in [0.1, 0.15) is 16.1 Å². The number of hydrogen-bond donors (Lipinski definition) is 2. The molecule has 2 aromatic rings. The molecule has 0 saturated carbocycles. The summed E-state index contributed by atoms with van der Waals surface area (Å²) in [5, 5.41) is 6.71.